The lowest BCUT2D eigenvalue weighted by molar-refractivity contribution is 0.0405. The number of ether oxygens (including phenoxy) is 2. The molecule has 2 aliphatic carbocycles. The van der Waals surface area contributed by atoms with Gasteiger partial charge in [-0.05, 0) is 265 Å². The molecule has 0 atom stereocenters. The summed E-state index contributed by atoms with van der Waals surface area (Å²) in [6, 6.07) is 2.59. The first-order chi connectivity index (χ1) is 57.5. The summed E-state index contributed by atoms with van der Waals surface area (Å²) in [6.07, 6.45) is 34.1. The number of guanidine groups is 2. The molecular weight excluding hydrogens is 1500 g/mol. The number of piperidine rings is 4. The largest absolute Gasteiger partial charge is 0.463 e. The number of likely N-dealkylation sites (N-methyl/N-ethyl adjacent to an activating group) is 4. The van der Waals surface area contributed by atoms with Crippen molar-refractivity contribution in [1.29, 1.82) is 0 Å². The molecule has 0 bridgehead atoms. The maximum atomic E-state index is 5.18. The lowest BCUT2D eigenvalue weighted by Crippen LogP contribution is -2.36. The normalized spacial score (nSPS) is 19.6. The maximum absolute atomic E-state index is 5.18. The van der Waals surface area contributed by atoms with E-state index in [0.717, 1.165) is 148 Å². The summed E-state index contributed by atoms with van der Waals surface area (Å²) >= 11 is 1.85. The van der Waals surface area contributed by atoms with Gasteiger partial charge in [0.25, 0.3) is 6.02 Å². The molecule has 0 spiro atoms. The fourth-order valence-corrected chi connectivity index (χ4v) is 15.5. The first kappa shape index (κ1) is 116. The number of aliphatic imine (C=N–C) groups is 5. The molecule has 24 nitrogen and oxygen atoms in total. The van der Waals surface area contributed by atoms with Crippen LogP contribution >= 0.6 is 11.8 Å². The van der Waals surface area contributed by atoms with Crippen molar-refractivity contribution < 1.29 is 9.47 Å². The molecule has 12 rings (SSSR count). The van der Waals surface area contributed by atoms with Gasteiger partial charge in [-0.15, -0.1) is 0 Å². The minimum atomic E-state index is 0.750. The average Bonchev–Trinajstić information content (AvgIpc) is 1.74. The number of hydrogen-bond donors (Lipinski definition) is 1. The van der Waals surface area contributed by atoms with Crippen molar-refractivity contribution in [3.63, 3.8) is 0 Å². The van der Waals surface area contributed by atoms with Crippen LogP contribution in [0.3, 0.4) is 0 Å². The quantitative estimate of drug-likeness (QED) is 0.116. The summed E-state index contributed by atoms with van der Waals surface area (Å²) in [5, 5.41) is 4.39. The summed E-state index contributed by atoms with van der Waals surface area (Å²) in [6.45, 7) is 70.4. The van der Waals surface area contributed by atoms with Gasteiger partial charge in [-0.1, -0.05) is 131 Å². The first-order valence-electron chi connectivity index (χ1n) is 49.1. The Bertz CT molecular complexity index is 2160. The summed E-state index contributed by atoms with van der Waals surface area (Å²) in [7, 11) is 25.3. The van der Waals surface area contributed by atoms with E-state index < -0.39 is 0 Å². The Morgan fingerprint density at radius 2 is 0.782 bits per heavy atom. The van der Waals surface area contributed by atoms with Crippen LogP contribution in [-0.2, 0) is 9.47 Å². The summed E-state index contributed by atoms with van der Waals surface area (Å²) in [5.41, 5.74) is 0. The highest BCUT2D eigenvalue weighted by molar-refractivity contribution is 8.14. The van der Waals surface area contributed by atoms with E-state index in [1.165, 1.54) is 295 Å². The highest BCUT2D eigenvalue weighted by Gasteiger charge is 2.20. The predicted octanol–water partition coefficient (Wildman–Crippen LogP) is 13.9. The van der Waals surface area contributed by atoms with Gasteiger partial charge in [0.2, 0.25) is 0 Å². The average molecular weight is 1700 g/mol. The smallest absolute Gasteiger partial charge is 0.287 e. The molecule has 10 heterocycles. The van der Waals surface area contributed by atoms with E-state index in [1.54, 1.807) is 0 Å². The predicted molar refractivity (Wildman–Crippen MR) is 528 cm³/mol. The fourth-order valence-electron chi connectivity index (χ4n) is 14.6. The second kappa shape index (κ2) is 79.3. The lowest BCUT2D eigenvalue weighted by atomic mass is 9.95. The van der Waals surface area contributed by atoms with Crippen molar-refractivity contribution in [2.45, 2.75) is 256 Å². The third-order valence-corrected chi connectivity index (χ3v) is 25.9. The molecule has 0 radical (unpaired) electrons. The summed E-state index contributed by atoms with van der Waals surface area (Å²) in [4.78, 5) is 58.7. The second-order valence-electron chi connectivity index (χ2n) is 34.0. The van der Waals surface area contributed by atoms with Crippen LogP contribution in [0.25, 0.3) is 0 Å². The number of thioether (sulfide) groups is 1. The summed E-state index contributed by atoms with van der Waals surface area (Å²) in [5.74, 6) is 4.62. The molecule has 0 aromatic carbocycles. The Kier molecular flexibility index (Phi) is 77.1. The number of likely N-dealkylation sites (tertiary alicyclic amines) is 4. The molecule has 0 unspecified atom stereocenters. The third-order valence-electron chi connectivity index (χ3n) is 24.8. The molecule has 1 N–H and O–H groups in total. The van der Waals surface area contributed by atoms with Crippen LogP contribution in [0.15, 0.2) is 25.0 Å². The van der Waals surface area contributed by atoms with E-state index in [1.807, 2.05) is 30.8 Å². The Morgan fingerprint density at radius 3 is 1.08 bits per heavy atom. The molecule has 10 aliphatic heterocycles. The van der Waals surface area contributed by atoms with Crippen LogP contribution in [0.2, 0.25) is 0 Å². The van der Waals surface area contributed by atoms with Gasteiger partial charge in [0.05, 0.1) is 45.2 Å². The van der Waals surface area contributed by atoms with E-state index in [-0.39, 0.29) is 0 Å². The van der Waals surface area contributed by atoms with Crippen LogP contribution in [-0.4, -0.2) is 452 Å². The molecule has 0 amide bonds. The highest BCUT2D eigenvalue weighted by Crippen LogP contribution is 2.23. The van der Waals surface area contributed by atoms with Gasteiger partial charge in [-0.3, -0.25) is 24.9 Å². The SMILES string of the molecule is CCN(C)C.CCN(C)C1=NCCC1.CCN(C)C1=NCCN1.CCN(C)C1=NCCN1C.CCN(C)C1=NCCO1.CCN(C)C1=NCCS1.CCN(C)C1CCCCC1.CCN(C)C1CCCCC1.CCN(C)CCN1CCCCC1.CCN(C)CCN1CCCCC1.CCN1CCCCC1.CCN1CCCCC1.CCN1CCOCC1. The third kappa shape index (κ3) is 60.8. The van der Waals surface area contributed by atoms with Crippen molar-refractivity contribution in [2.24, 2.45) is 25.0 Å². The zero-order valence-electron chi connectivity index (χ0n) is 83.6. The van der Waals surface area contributed by atoms with Crippen LogP contribution in [0.4, 0.5) is 0 Å². The molecule has 0 aromatic rings. The zero-order chi connectivity index (χ0) is 88.5. The number of amidine groups is 3. The van der Waals surface area contributed by atoms with E-state index in [9.17, 15) is 0 Å². The Balaban J connectivity index is 0.00000127. The number of nitrogens with zero attached hydrogens (tertiary/aromatic N) is 21. The Hall–Kier alpha value is -3.34. The van der Waals surface area contributed by atoms with Crippen LogP contribution in [0.5, 0.6) is 0 Å². The van der Waals surface area contributed by atoms with Gasteiger partial charge < -0.3 is 88.3 Å². The Labute approximate surface area is 743 Å². The van der Waals surface area contributed by atoms with E-state index in [0.29, 0.717) is 0 Å². The van der Waals surface area contributed by atoms with Gasteiger partial charge in [0.15, 0.2) is 17.1 Å². The monoisotopic (exact) mass is 1700 g/mol. The van der Waals surface area contributed by atoms with Gasteiger partial charge in [-0.25, -0.2) is 4.99 Å². The Morgan fingerprint density at radius 1 is 0.361 bits per heavy atom. The standard InChI is InChI=1S/2C10H22N2.2C9H19N.C7H15N3.C7H14N2.2C7H15N.C6H13N3.C6H12N2O.C6H12N2S.C6H13NO.C4H11N/c2*1-3-11(2)9-10-12-7-5-4-6-8-12;2*1-3-10(2)9-7-5-4-6-8-9;1-4-9(2)7-8-5-6-10(7)3;1-3-9(2)7-5-4-6-8-7;2*1-2-8-6-4-3-5-7-8;1-3-9(2)6-7-4-5-8-6;2*1-3-8(2)6-7-4-5-9-6;1-2-7-3-5-8-6-4-7;1-4-5(2)3/h2*3-10H2,1-2H3;2*9H,3-8H2,1-2H3;4-6H2,1-3H3;3-6H2,1-2H3;2*2-7H2,1H3;3-5H2,1-2H3,(H,7,8);2*3-5H2,1-2H3;2-6H2,1H3;4H2,1-3H3. The number of rotatable bonds is 21. The van der Waals surface area contributed by atoms with Gasteiger partial charge in [-0.2, -0.15) is 0 Å². The van der Waals surface area contributed by atoms with Crippen molar-refractivity contribution in [1.82, 2.24) is 83.7 Å². The molecule has 0 aromatic heterocycles. The number of hydrogen-bond acceptors (Lipinski definition) is 25. The molecule has 7 fully saturated rings. The fraction of sp³-hybridized carbons (Fsp3) is 0.947. The first-order valence-corrected chi connectivity index (χ1v) is 50.1. The molecule has 12 aliphatic rings. The molecular formula is C94H202N22O2S. The number of nitrogens with one attached hydrogen (secondary N) is 1. The molecule has 5 saturated heterocycles. The van der Waals surface area contributed by atoms with Crippen molar-refractivity contribution >= 4 is 40.7 Å². The second-order valence-corrected chi connectivity index (χ2v) is 35.1. The lowest BCUT2D eigenvalue weighted by Gasteiger charge is -2.29. The van der Waals surface area contributed by atoms with Gasteiger partial charge in [0.1, 0.15) is 6.61 Å². The van der Waals surface area contributed by atoms with Crippen molar-refractivity contribution in [3.05, 3.63) is 0 Å². The molecule has 2 saturated carbocycles. The minimum absolute atomic E-state index is 0.750. The van der Waals surface area contributed by atoms with Crippen LogP contribution in [0.1, 0.15) is 244 Å². The van der Waals surface area contributed by atoms with Crippen LogP contribution < -0.4 is 5.32 Å². The topological polar surface area (TPSA) is 144 Å². The molecule has 25 heteroatoms. The van der Waals surface area contributed by atoms with E-state index in [4.69, 9.17) is 9.47 Å². The minimum Gasteiger partial charge on any atom is -0.463 e. The van der Waals surface area contributed by atoms with Gasteiger partial charge in [0, 0.05) is 158 Å². The number of morpholine rings is 1. The highest BCUT2D eigenvalue weighted by atomic mass is 32.2. The van der Waals surface area contributed by atoms with Crippen molar-refractivity contribution in [2.75, 3.05) is 333 Å². The zero-order valence-corrected chi connectivity index (χ0v) is 84.4. The van der Waals surface area contributed by atoms with Gasteiger partial charge >= 0.3 is 0 Å². The molecule has 706 valence electrons. The summed E-state index contributed by atoms with van der Waals surface area (Å²) < 4.78 is 10.3. The van der Waals surface area contributed by atoms with E-state index in [2.05, 4.69) is 264 Å². The molecule has 119 heavy (non-hydrogen) atoms. The van der Waals surface area contributed by atoms with E-state index >= 15 is 0 Å². The van der Waals surface area contributed by atoms with Crippen LogP contribution in [0, 0.1) is 0 Å². The maximum Gasteiger partial charge on any atom is 0.287 e. The van der Waals surface area contributed by atoms with Crippen molar-refractivity contribution in [3.8, 4) is 0 Å².